The third-order valence-corrected chi connectivity index (χ3v) is 6.32. The number of alkyl halides is 3. The van der Waals surface area contributed by atoms with Gasteiger partial charge in [0.1, 0.15) is 17.2 Å². The highest BCUT2D eigenvalue weighted by atomic mass is 35.5. The van der Waals surface area contributed by atoms with Crippen LogP contribution in [0.2, 0.25) is 10.0 Å². The molecule has 1 amide bonds. The Morgan fingerprint density at radius 2 is 1.92 bits per heavy atom. The van der Waals surface area contributed by atoms with Crippen LogP contribution in [0.4, 0.5) is 28.9 Å². The average Bonchev–Trinajstić information content (AvgIpc) is 3.45. The highest BCUT2D eigenvalue weighted by molar-refractivity contribution is 7.99. The van der Waals surface area contributed by atoms with E-state index in [9.17, 15) is 32.5 Å². The van der Waals surface area contributed by atoms with Crippen molar-refractivity contribution in [3.05, 3.63) is 73.8 Å². The summed E-state index contributed by atoms with van der Waals surface area (Å²) in [5.41, 5.74) is -1.89. The van der Waals surface area contributed by atoms with E-state index in [1.807, 2.05) is 0 Å². The molecule has 1 atom stereocenters. The molecule has 37 heavy (non-hydrogen) atoms. The third-order valence-electron chi connectivity index (χ3n) is 5.06. The van der Waals surface area contributed by atoms with Gasteiger partial charge >= 0.3 is 6.18 Å². The molecule has 10 nitrogen and oxygen atoms in total. The molecule has 17 heteroatoms. The number of hydrazone groups is 1. The van der Waals surface area contributed by atoms with Gasteiger partial charge in [-0.3, -0.25) is 20.3 Å². The van der Waals surface area contributed by atoms with Crippen molar-refractivity contribution in [3.8, 4) is 0 Å². The molecule has 1 aliphatic rings. The van der Waals surface area contributed by atoms with E-state index in [-0.39, 0.29) is 43.9 Å². The van der Waals surface area contributed by atoms with Gasteiger partial charge in [-0.25, -0.2) is 4.39 Å². The van der Waals surface area contributed by atoms with Crippen molar-refractivity contribution in [2.24, 2.45) is 5.10 Å². The summed E-state index contributed by atoms with van der Waals surface area (Å²) in [6.45, 7) is 0. The summed E-state index contributed by atoms with van der Waals surface area (Å²) >= 11 is 12.5. The number of benzene rings is 2. The van der Waals surface area contributed by atoms with Crippen molar-refractivity contribution < 1.29 is 31.7 Å². The molecule has 2 heterocycles. The first kappa shape index (κ1) is 26.6. The van der Waals surface area contributed by atoms with Crippen molar-refractivity contribution >= 4 is 58.0 Å². The Hall–Kier alpha value is -3.43. The summed E-state index contributed by atoms with van der Waals surface area (Å²) < 4.78 is 61.2. The fourth-order valence-electron chi connectivity index (χ4n) is 3.38. The van der Waals surface area contributed by atoms with E-state index in [0.29, 0.717) is 11.8 Å². The topological polar surface area (TPSA) is 136 Å². The maximum Gasteiger partial charge on any atom is 0.417 e. The number of nitrogens with zero attached hydrogens (tertiary/aromatic N) is 4. The first-order valence-electron chi connectivity index (χ1n) is 9.95. The fourth-order valence-corrected chi connectivity index (χ4v) is 4.47. The lowest BCUT2D eigenvalue weighted by molar-refractivity contribution is -0.384. The summed E-state index contributed by atoms with van der Waals surface area (Å²) in [6.07, 6.45) is -5.54. The zero-order chi connectivity index (χ0) is 27.0. The number of nitro groups is 1. The second-order valence-corrected chi connectivity index (χ2v) is 9.34. The number of nitrogens with one attached hydrogen (secondary N) is 2. The average molecular weight is 579 g/mol. The highest BCUT2D eigenvalue weighted by Gasteiger charge is 2.60. The van der Waals surface area contributed by atoms with E-state index in [4.69, 9.17) is 27.6 Å². The second kappa shape index (κ2) is 10.1. The van der Waals surface area contributed by atoms with E-state index in [1.165, 1.54) is 6.07 Å². The number of thioether (sulfide) groups is 1. The summed E-state index contributed by atoms with van der Waals surface area (Å²) in [5, 5.41) is 24.2. The molecule has 0 spiro atoms. The Balaban J connectivity index is 1.45. The first-order chi connectivity index (χ1) is 17.4. The smallest absolute Gasteiger partial charge is 0.410 e. The van der Waals surface area contributed by atoms with Crippen LogP contribution < -0.4 is 10.7 Å². The minimum Gasteiger partial charge on any atom is -0.410 e. The Labute approximate surface area is 218 Å². The SMILES string of the molecule is O=C(CSc1nnc(C2=NNC(c3cc(Cl)cc(Cl)c3)(C(F)(F)F)C2)o1)Nc1cc(F)ccc1[N+](=O)[O-]. The number of hydrogen-bond donors (Lipinski definition) is 2. The number of nitro benzene ring substituents is 1. The number of rotatable bonds is 7. The molecule has 2 aromatic carbocycles. The predicted octanol–water partition coefficient (Wildman–Crippen LogP) is 5.31. The molecule has 0 fully saturated rings. The number of carbonyl (C=O) groups excluding carboxylic acids is 1. The maximum absolute atomic E-state index is 14.1. The molecule has 1 aromatic heterocycles. The Kier molecular flexibility index (Phi) is 7.30. The monoisotopic (exact) mass is 578 g/mol. The van der Waals surface area contributed by atoms with Gasteiger partial charge in [0, 0.05) is 28.6 Å². The van der Waals surface area contributed by atoms with E-state index in [1.54, 1.807) is 0 Å². The van der Waals surface area contributed by atoms with Gasteiger partial charge in [-0.1, -0.05) is 35.0 Å². The van der Waals surface area contributed by atoms with Crippen LogP contribution in [-0.4, -0.2) is 38.7 Å². The lowest BCUT2D eigenvalue weighted by Gasteiger charge is -2.31. The van der Waals surface area contributed by atoms with Gasteiger partial charge < -0.3 is 9.73 Å². The number of carbonyl (C=O) groups is 1. The van der Waals surface area contributed by atoms with Crippen LogP contribution >= 0.6 is 35.0 Å². The van der Waals surface area contributed by atoms with E-state index < -0.39 is 40.5 Å². The van der Waals surface area contributed by atoms with Crippen LogP contribution in [0.1, 0.15) is 17.9 Å². The van der Waals surface area contributed by atoms with Crippen LogP contribution in [0.3, 0.4) is 0 Å². The predicted molar refractivity (Wildman–Crippen MR) is 125 cm³/mol. The molecule has 0 radical (unpaired) electrons. The van der Waals surface area contributed by atoms with Gasteiger partial charge in [-0.15, -0.1) is 10.2 Å². The molecule has 4 rings (SSSR count). The minimum atomic E-state index is -4.82. The van der Waals surface area contributed by atoms with Gasteiger partial charge in [0.15, 0.2) is 5.54 Å². The van der Waals surface area contributed by atoms with E-state index in [0.717, 1.165) is 30.3 Å². The molecular weight excluding hydrogens is 567 g/mol. The lowest BCUT2D eigenvalue weighted by Crippen LogP contribution is -2.49. The number of hydrogen-bond acceptors (Lipinski definition) is 9. The first-order valence-corrected chi connectivity index (χ1v) is 11.7. The lowest BCUT2D eigenvalue weighted by atomic mass is 9.85. The van der Waals surface area contributed by atoms with Crippen LogP contribution in [0, 0.1) is 15.9 Å². The van der Waals surface area contributed by atoms with Crippen molar-refractivity contribution in [1.82, 2.24) is 15.6 Å². The number of amides is 1. The zero-order valence-electron chi connectivity index (χ0n) is 18.0. The van der Waals surface area contributed by atoms with Crippen LogP contribution in [0.5, 0.6) is 0 Å². The fraction of sp³-hybridized carbons (Fsp3) is 0.200. The molecular formula is C20H12Cl2F4N6O4S. The molecule has 2 N–H and O–H groups in total. The van der Waals surface area contributed by atoms with Crippen LogP contribution in [0.25, 0.3) is 0 Å². The van der Waals surface area contributed by atoms with Crippen LogP contribution in [-0.2, 0) is 10.3 Å². The Bertz CT molecular complexity index is 1400. The molecule has 1 unspecified atom stereocenters. The normalized spacial score (nSPS) is 17.3. The van der Waals surface area contributed by atoms with E-state index in [2.05, 4.69) is 26.0 Å². The van der Waals surface area contributed by atoms with Gasteiger partial charge in [-0.2, -0.15) is 18.3 Å². The summed E-state index contributed by atoms with van der Waals surface area (Å²) in [6, 6.07) is 6.08. The highest BCUT2D eigenvalue weighted by Crippen LogP contribution is 2.46. The molecule has 0 bridgehead atoms. The number of aromatic nitrogens is 2. The Morgan fingerprint density at radius 1 is 1.22 bits per heavy atom. The quantitative estimate of drug-likeness (QED) is 0.167. The second-order valence-electron chi connectivity index (χ2n) is 7.54. The summed E-state index contributed by atoms with van der Waals surface area (Å²) in [4.78, 5) is 22.5. The van der Waals surface area contributed by atoms with Gasteiger partial charge in [0.05, 0.1) is 10.7 Å². The van der Waals surface area contributed by atoms with Crippen LogP contribution in [0.15, 0.2) is 51.1 Å². The molecule has 0 saturated heterocycles. The maximum atomic E-state index is 14.1. The van der Waals surface area contributed by atoms with Crippen molar-refractivity contribution in [1.29, 1.82) is 0 Å². The molecule has 1 aliphatic heterocycles. The number of halogens is 6. The van der Waals surface area contributed by atoms with Gasteiger partial charge in [-0.05, 0) is 29.8 Å². The number of anilines is 1. The largest absolute Gasteiger partial charge is 0.417 e. The summed E-state index contributed by atoms with van der Waals surface area (Å²) in [5.74, 6) is -2.26. The molecule has 0 aliphatic carbocycles. The summed E-state index contributed by atoms with van der Waals surface area (Å²) in [7, 11) is 0. The third kappa shape index (κ3) is 5.62. The van der Waals surface area contributed by atoms with Crippen molar-refractivity contribution in [2.75, 3.05) is 11.1 Å². The molecule has 3 aromatic rings. The standard InChI is InChI=1S/C20H12Cl2F4N6O4S/c21-10-3-9(4-11(22)5-10)19(20(24,25)26)7-14(28-31-19)17-29-30-18(36-17)37-8-16(33)27-13-6-12(23)1-2-15(13)32(34)35/h1-6,31H,7-8H2,(H,27,33). The van der Waals surface area contributed by atoms with E-state index >= 15 is 0 Å². The van der Waals surface area contributed by atoms with Gasteiger partial charge in [0.2, 0.25) is 5.91 Å². The molecule has 194 valence electrons. The zero-order valence-corrected chi connectivity index (χ0v) is 20.3. The van der Waals surface area contributed by atoms with Crippen molar-refractivity contribution in [2.45, 2.75) is 23.4 Å². The van der Waals surface area contributed by atoms with Gasteiger partial charge in [0.25, 0.3) is 16.8 Å². The minimum absolute atomic E-state index is 0.000276. The Morgan fingerprint density at radius 3 is 2.57 bits per heavy atom. The molecule has 0 saturated carbocycles. The van der Waals surface area contributed by atoms with Crippen molar-refractivity contribution in [3.63, 3.8) is 0 Å².